The largest absolute Gasteiger partial charge is 4.00 e. The van der Waals surface area contributed by atoms with Crippen LogP contribution >= 0.6 is 0 Å². The van der Waals surface area contributed by atoms with Crippen molar-refractivity contribution in [3.63, 3.8) is 0 Å². The fourth-order valence-electron chi connectivity index (χ4n) is 0. The number of hydrogen-bond donors (Lipinski definition) is 2. The Bertz CT molecular complexity index is 121. The summed E-state index contributed by atoms with van der Waals surface area (Å²) in [5, 5.41) is 0. The van der Waals surface area contributed by atoms with Gasteiger partial charge in [-0.25, -0.2) is 0 Å². The summed E-state index contributed by atoms with van der Waals surface area (Å²) in [7, 11) is 0. The predicted octanol–water partition coefficient (Wildman–Crippen LogP) is -2.26. The van der Waals surface area contributed by atoms with Gasteiger partial charge in [-0.05, 0) is 0 Å². The van der Waals surface area contributed by atoms with Gasteiger partial charge in [-0.3, -0.25) is 12.6 Å². The van der Waals surface area contributed by atoms with Crippen LogP contribution in [0.3, 0.4) is 0 Å². The molecule has 0 rings (SSSR count). The summed E-state index contributed by atoms with van der Waals surface area (Å²) >= 11 is -9.33. The van der Waals surface area contributed by atoms with Crippen molar-refractivity contribution in [1.82, 2.24) is 12.3 Å². The van der Waals surface area contributed by atoms with Crippen LogP contribution in [0.25, 0.3) is 0 Å². The molecule has 0 heterocycles. The topological polar surface area (TPSA) is 263 Å². The van der Waals surface area contributed by atoms with Crippen LogP contribution in [0.1, 0.15) is 0 Å². The smallest absolute Gasteiger partial charge is 0.784 e. The molecule has 100 valence electrons. The molecule has 0 saturated carbocycles. The zero-order chi connectivity index (χ0) is 10.7. The van der Waals surface area contributed by atoms with Gasteiger partial charge in [0, 0.05) is 0 Å². The first-order valence-electron chi connectivity index (χ1n) is 1.50. The van der Waals surface area contributed by atoms with E-state index in [-0.39, 0.29) is 33.4 Å². The Hall–Kier alpha value is 0.818. The molecule has 0 unspecified atom stereocenters. The zero-order valence-electron chi connectivity index (χ0n) is 7.22. The van der Waals surface area contributed by atoms with Crippen molar-refractivity contribution < 1.29 is 61.0 Å². The predicted molar refractivity (Wildman–Crippen MR) is 41.1 cm³/mol. The van der Waals surface area contributed by atoms with E-state index >= 15 is 0 Å². The summed E-state index contributed by atoms with van der Waals surface area (Å²) in [6.45, 7) is 0. The molecule has 0 aliphatic heterocycles. The molecule has 0 spiro atoms. The standard InChI is InChI=1S/2H3N.3H2O3S.Pt/c;;3*1-4(2)3;/h2*1H3;3*(H2,1,2,3);/q;;;;;+4/p-4. The Kier molecular flexibility index (Phi) is 70.5. The summed E-state index contributed by atoms with van der Waals surface area (Å²) in [5.74, 6) is 0. The summed E-state index contributed by atoms with van der Waals surface area (Å²) in [6, 6.07) is 0. The SMILES string of the molecule is O=S([O-])[O-].O=S([O-])[O-].O=S([O-])[O-].[NH4+].[NH4+].[Pt+4]. The first-order valence-corrected chi connectivity index (χ1v) is 4.50. The number of hydrogen-bond acceptors (Lipinski definition) is 9. The molecule has 0 aromatic rings. The van der Waals surface area contributed by atoms with Gasteiger partial charge >= 0.3 is 21.1 Å². The van der Waals surface area contributed by atoms with E-state index in [2.05, 4.69) is 0 Å². The fourth-order valence-corrected chi connectivity index (χ4v) is 0. The van der Waals surface area contributed by atoms with Gasteiger partial charge in [0.05, 0.1) is 0 Å². The maximum atomic E-state index is 8.44. The second kappa shape index (κ2) is 29.4. The Labute approximate surface area is 107 Å². The van der Waals surface area contributed by atoms with Crippen LogP contribution in [0.4, 0.5) is 0 Å². The minimum atomic E-state index is -3.11. The Morgan fingerprint density at radius 2 is 0.533 bits per heavy atom. The maximum Gasteiger partial charge on any atom is 4.00 e. The molecule has 0 amide bonds. The van der Waals surface area contributed by atoms with Crippen molar-refractivity contribution in [2.75, 3.05) is 0 Å². The van der Waals surface area contributed by atoms with E-state index in [9.17, 15) is 0 Å². The van der Waals surface area contributed by atoms with Gasteiger partial charge in [0.15, 0.2) is 0 Å². The summed E-state index contributed by atoms with van der Waals surface area (Å²) in [5.41, 5.74) is 0. The number of quaternary nitrogens is 2. The molecule has 0 fully saturated rings. The van der Waals surface area contributed by atoms with Gasteiger partial charge in [-0.15, -0.1) is 34.1 Å². The summed E-state index contributed by atoms with van der Waals surface area (Å²) < 4.78 is 76.0. The molecule has 0 aliphatic rings. The van der Waals surface area contributed by atoms with E-state index in [1.807, 2.05) is 0 Å². The summed E-state index contributed by atoms with van der Waals surface area (Å²) in [4.78, 5) is 0. The van der Waals surface area contributed by atoms with E-state index in [0.717, 1.165) is 0 Å². The Morgan fingerprint density at radius 1 is 0.533 bits per heavy atom. The van der Waals surface area contributed by atoms with Crippen LogP contribution in [-0.2, 0) is 55.1 Å². The van der Waals surface area contributed by atoms with Crippen molar-refractivity contribution in [3.8, 4) is 0 Å². The second-order valence-electron chi connectivity index (χ2n) is 0.612. The van der Waals surface area contributed by atoms with E-state index in [1.165, 1.54) is 0 Å². The molecule has 15 heteroatoms. The van der Waals surface area contributed by atoms with Crippen molar-refractivity contribution in [1.29, 1.82) is 0 Å². The molecular formula is H8N2O9PtS3. The molecule has 0 aromatic heterocycles. The van der Waals surface area contributed by atoms with Crippen LogP contribution < -0.4 is 12.3 Å². The van der Waals surface area contributed by atoms with Gasteiger partial charge in [0.1, 0.15) is 0 Å². The quantitative estimate of drug-likeness (QED) is 0.360. The monoisotopic (exact) mass is 471 g/mol. The molecule has 0 atom stereocenters. The maximum absolute atomic E-state index is 8.44. The van der Waals surface area contributed by atoms with Gasteiger partial charge in [0.2, 0.25) is 0 Å². The molecular weight excluding hydrogens is 463 g/mol. The number of rotatable bonds is 0. The van der Waals surface area contributed by atoms with Gasteiger partial charge < -0.3 is 39.6 Å². The molecule has 15 heavy (non-hydrogen) atoms. The van der Waals surface area contributed by atoms with E-state index in [1.54, 1.807) is 0 Å². The second-order valence-corrected chi connectivity index (χ2v) is 1.84. The Morgan fingerprint density at radius 3 is 0.533 bits per heavy atom. The minimum absolute atomic E-state index is 0. The molecule has 0 aliphatic carbocycles. The zero-order valence-corrected chi connectivity index (χ0v) is 11.9. The van der Waals surface area contributed by atoms with Crippen LogP contribution in [-0.4, -0.2) is 39.9 Å². The average molecular weight is 471 g/mol. The molecule has 0 saturated heterocycles. The first-order chi connectivity index (χ1) is 5.20. The van der Waals surface area contributed by atoms with Crippen molar-refractivity contribution >= 4 is 34.1 Å². The normalized spacial score (nSPS) is 7.00. The van der Waals surface area contributed by atoms with Gasteiger partial charge in [-0.1, -0.05) is 0 Å². The third-order valence-electron chi connectivity index (χ3n) is 0. The van der Waals surface area contributed by atoms with Gasteiger partial charge in [0.25, 0.3) is 0 Å². The van der Waals surface area contributed by atoms with E-state index < -0.39 is 34.1 Å². The summed E-state index contributed by atoms with van der Waals surface area (Å²) in [6.07, 6.45) is 0. The van der Waals surface area contributed by atoms with Crippen molar-refractivity contribution in [2.24, 2.45) is 0 Å². The van der Waals surface area contributed by atoms with Crippen LogP contribution in [0.15, 0.2) is 0 Å². The molecule has 0 radical (unpaired) electrons. The first kappa shape index (κ1) is 36.0. The fraction of sp³-hybridized carbons (Fsp3) is 0. The van der Waals surface area contributed by atoms with Crippen LogP contribution in [0.2, 0.25) is 0 Å². The van der Waals surface area contributed by atoms with Crippen LogP contribution in [0.5, 0.6) is 0 Å². The van der Waals surface area contributed by atoms with E-state index in [4.69, 9.17) is 39.9 Å². The third-order valence-corrected chi connectivity index (χ3v) is 0. The molecule has 11 nitrogen and oxygen atoms in total. The molecule has 0 bridgehead atoms. The van der Waals surface area contributed by atoms with E-state index in [0.29, 0.717) is 0 Å². The van der Waals surface area contributed by atoms with Crippen molar-refractivity contribution in [3.05, 3.63) is 0 Å². The molecule has 0 aromatic carbocycles. The third kappa shape index (κ3) is 3640. The average Bonchev–Trinajstić information content (AvgIpc) is 1.54. The van der Waals surface area contributed by atoms with Gasteiger partial charge in [-0.2, -0.15) is 0 Å². The molecule has 8 N–H and O–H groups in total. The minimum Gasteiger partial charge on any atom is -0.784 e. The Balaban J connectivity index is -0.0000000184. The van der Waals surface area contributed by atoms with Crippen LogP contribution in [0, 0.1) is 0 Å². The van der Waals surface area contributed by atoms with Crippen molar-refractivity contribution in [2.45, 2.75) is 0 Å².